The Labute approximate surface area is 186 Å². The lowest BCUT2D eigenvalue weighted by molar-refractivity contribution is -0.155. The minimum absolute atomic E-state index is 0.120. The minimum Gasteiger partial charge on any atom is -0.491 e. The zero-order valence-electron chi connectivity index (χ0n) is 18.0. The second-order valence-electron chi connectivity index (χ2n) is 7.99. The van der Waals surface area contributed by atoms with Gasteiger partial charge in [-0.2, -0.15) is 13.2 Å². The van der Waals surface area contributed by atoms with Crippen LogP contribution in [0.25, 0.3) is 0 Å². The van der Waals surface area contributed by atoms with Crippen LogP contribution in [0.3, 0.4) is 0 Å². The molecule has 174 valence electrons. The van der Waals surface area contributed by atoms with Crippen LogP contribution in [0.15, 0.2) is 36.5 Å². The molecule has 0 amide bonds. The van der Waals surface area contributed by atoms with Crippen LogP contribution in [0.4, 0.5) is 17.6 Å². The summed E-state index contributed by atoms with van der Waals surface area (Å²) in [6.07, 6.45) is -1.91. The van der Waals surface area contributed by atoms with Crippen molar-refractivity contribution in [3.05, 3.63) is 53.3 Å². The second-order valence-corrected chi connectivity index (χ2v) is 7.99. The first kappa shape index (κ1) is 24.5. The molecule has 0 spiro atoms. The van der Waals surface area contributed by atoms with Gasteiger partial charge in [0.2, 0.25) is 0 Å². The number of aromatic nitrogens is 1. The number of benzene rings is 1. The highest BCUT2D eigenvalue weighted by Crippen LogP contribution is 2.38. The monoisotopic (exact) mass is 453 g/mol. The van der Waals surface area contributed by atoms with Crippen molar-refractivity contribution < 1.29 is 27.3 Å². The average Bonchev–Trinajstić information content (AvgIpc) is 2.76. The van der Waals surface area contributed by atoms with E-state index in [1.807, 2.05) is 6.07 Å². The van der Waals surface area contributed by atoms with E-state index in [4.69, 9.17) is 4.74 Å². The first-order valence-electron chi connectivity index (χ1n) is 10.7. The van der Waals surface area contributed by atoms with Crippen molar-refractivity contribution in [2.45, 2.75) is 38.0 Å². The first-order valence-corrected chi connectivity index (χ1v) is 10.7. The van der Waals surface area contributed by atoms with Crippen molar-refractivity contribution in [1.29, 1.82) is 0 Å². The summed E-state index contributed by atoms with van der Waals surface area (Å²) in [7, 11) is -0.120. The lowest BCUT2D eigenvalue weighted by atomic mass is 9.80. The Balaban J connectivity index is 1.80. The summed E-state index contributed by atoms with van der Waals surface area (Å²) in [5.74, 6) is 0.517. The minimum atomic E-state index is -4.34. The Morgan fingerprint density at radius 1 is 1.25 bits per heavy atom. The van der Waals surface area contributed by atoms with Gasteiger partial charge in [0.25, 0.3) is 0 Å². The lowest BCUT2D eigenvalue weighted by Gasteiger charge is -2.42. The van der Waals surface area contributed by atoms with Crippen LogP contribution < -0.4 is 15.5 Å². The Bertz CT molecular complexity index is 867. The van der Waals surface area contributed by atoms with Crippen molar-refractivity contribution in [2.24, 2.45) is 0 Å². The average molecular weight is 453 g/mol. The molecule has 1 aliphatic rings. The van der Waals surface area contributed by atoms with E-state index in [9.17, 15) is 22.6 Å². The number of fused-ring (bicyclic) bond motifs is 1. The van der Waals surface area contributed by atoms with Crippen LogP contribution in [0.1, 0.15) is 36.2 Å². The van der Waals surface area contributed by atoms with Gasteiger partial charge in [0.15, 0.2) is 0 Å². The Hall–Kier alpha value is -2.17. The predicted octanol–water partition coefficient (Wildman–Crippen LogP) is 2.28. The maximum absolute atomic E-state index is 13.4. The number of alkyl halides is 4. The molecule has 2 heterocycles. The van der Waals surface area contributed by atoms with E-state index in [1.54, 1.807) is 31.2 Å². The molecular formula is C22H28BF4N3O2. The third-order valence-corrected chi connectivity index (χ3v) is 5.53. The summed E-state index contributed by atoms with van der Waals surface area (Å²) in [4.78, 5) is 5.86. The van der Waals surface area contributed by atoms with Crippen LogP contribution in [-0.4, -0.2) is 67.5 Å². The van der Waals surface area contributed by atoms with E-state index >= 15 is 0 Å². The second kappa shape index (κ2) is 11.1. The van der Waals surface area contributed by atoms with E-state index in [0.29, 0.717) is 44.0 Å². The van der Waals surface area contributed by atoms with E-state index in [2.05, 4.69) is 10.3 Å². The van der Waals surface area contributed by atoms with Gasteiger partial charge < -0.3 is 15.1 Å². The largest absolute Gasteiger partial charge is 0.491 e. The molecule has 0 bridgehead atoms. The molecule has 2 aromatic rings. The highest BCUT2D eigenvalue weighted by molar-refractivity contribution is 6.45. The quantitative estimate of drug-likeness (QED) is 0.329. The maximum atomic E-state index is 13.4. The molecule has 1 aliphatic heterocycles. The van der Waals surface area contributed by atoms with Crippen LogP contribution in [0, 0.1) is 0 Å². The maximum Gasteiger partial charge on any atom is 0.401 e. The third kappa shape index (κ3) is 6.43. The molecular weight excluding hydrogens is 425 g/mol. The molecule has 0 saturated carbocycles. The topological polar surface area (TPSA) is 57.6 Å². The van der Waals surface area contributed by atoms with Crippen LogP contribution in [0.5, 0.6) is 5.75 Å². The van der Waals surface area contributed by atoms with Gasteiger partial charge in [-0.25, -0.2) is 0 Å². The molecule has 32 heavy (non-hydrogen) atoms. The number of pyridine rings is 1. The molecule has 5 nitrogen and oxygen atoms in total. The fraction of sp³-hybridized carbons (Fsp3) is 0.500. The Kier molecular flexibility index (Phi) is 8.50. The summed E-state index contributed by atoms with van der Waals surface area (Å²) in [6, 6.07) is 7.78. The van der Waals surface area contributed by atoms with Crippen molar-refractivity contribution in [3.8, 4) is 5.75 Å². The number of ether oxygens (including phenoxy) is 1. The van der Waals surface area contributed by atoms with Gasteiger partial charge in [-0.05, 0) is 49.6 Å². The van der Waals surface area contributed by atoms with Crippen LogP contribution in [0.2, 0.25) is 0 Å². The molecule has 1 aromatic heterocycles. The molecule has 0 radical (unpaired) electrons. The van der Waals surface area contributed by atoms with Gasteiger partial charge in [-0.15, -0.1) is 0 Å². The molecule has 1 unspecified atom stereocenters. The van der Waals surface area contributed by atoms with Gasteiger partial charge in [-0.1, -0.05) is 23.7 Å². The number of hydrogen-bond acceptors (Lipinski definition) is 5. The number of rotatable bonds is 10. The number of halogens is 4. The lowest BCUT2D eigenvalue weighted by Crippen LogP contribution is -2.47. The highest BCUT2D eigenvalue weighted by Gasteiger charge is 2.41. The zero-order chi connectivity index (χ0) is 23.1. The predicted molar refractivity (Wildman–Crippen MR) is 116 cm³/mol. The molecule has 2 N–H and O–H groups in total. The Morgan fingerprint density at radius 2 is 2.06 bits per heavy atom. The molecule has 0 saturated heterocycles. The number of hydrogen-bond donors (Lipinski definition) is 2. The van der Waals surface area contributed by atoms with Crippen molar-refractivity contribution >= 4 is 12.9 Å². The standard InChI is InChI=1S/C22H28BF4N3O2/c1-15-11-16-12-17(23-31)3-5-19(16)21(30(15)14-22(25,26)27)20-6-4-18(13-29-20)32-10-9-28-8-2-7-24/h3-6,12-13,15,21,23,28,31H,2,7-11,14H2,1H3/t15-,21?/m1/s1. The van der Waals surface area contributed by atoms with E-state index in [1.165, 1.54) is 11.1 Å². The van der Waals surface area contributed by atoms with Gasteiger partial charge in [0.1, 0.15) is 12.4 Å². The smallest absolute Gasteiger partial charge is 0.401 e. The van der Waals surface area contributed by atoms with Crippen LogP contribution >= 0.6 is 0 Å². The van der Waals surface area contributed by atoms with Gasteiger partial charge in [-0.3, -0.25) is 14.3 Å². The number of nitrogens with zero attached hydrogens (tertiary/aromatic N) is 2. The summed E-state index contributed by atoms with van der Waals surface area (Å²) in [6.45, 7) is 1.88. The molecule has 1 aromatic carbocycles. The van der Waals surface area contributed by atoms with E-state index in [0.717, 1.165) is 16.6 Å². The normalized spacial score (nSPS) is 18.9. The molecule has 0 aliphatic carbocycles. The highest BCUT2D eigenvalue weighted by atomic mass is 19.4. The van der Waals surface area contributed by atoms with Gasteiger partial charge in [0, 0.05) is 12.6 Å². The molecule has 2 atom stereocenters. The SMILES string of the molecule is C[C@@H]1Cc2cc(BO)ccc2C(c2ccc(OCCNCCCF)cn2)N1CC(F)(F)F. The zero-order valence-corrected chi connectivity index (χ0v) is 18.0. The molecule has 3 rings (SSSR count). The summed E-state index contributed by atoms with van der Waals surface area (Å²) in [5, 5.41) is 12.5. The fourth-order valence-corrected chi connectivity index (χ4v) is 4.05. The first-order chi connectivity index (χ1) is 15.3. The molecule has 0 fully saturated rings. The van der Waals surface area contributed by atoms with Gasteiger partial charge >= 0.3 is 13.7 Å². The molecule has 10 heteroatoms. The third-order valence-electron chi connectivity index (χ3n) is 5.53. The number of nitrogens with one attached hydrogen (secondary N) is 1. The van der Waals surface area contributed by atoms with Crippen molar-refractivity contribution in [2.75, 3.05) is 32.9 Å². The van der Waals surface area contributed by atoms with Gasteiger partial charge in [0.05, 0.1) is 31.2 Å². The summed E-state index contributed by atoms with van der Waals surface area (Å²) in [5.41, 5.74) is 2.93. The summed E-state index contributed by atoms with van der Waals surface area (Å²) >= 11 is 0. The van der Waals surface area contributed by atoms with Crippen molar-refractivity contribution in [1.82, 2.24) is 15.2 Å². The summed E-state index contributed by atoms with van der Waals surface area (Å²) < 4.78 is 57.8. The van der Waals surface area contributed by atoms with Crippen molar-refractivity contribution in [3.63, 3.8) is 0 Å². The fourth-order valence-electron chi connectivity index (χ4n) is 4.05. The van der Waals surface area contributed by atoms with E-state index in [-0.39, 0.29) is 20.2 Å². The van der Waals surface area contributed by atoms with Crippen LogP contribution in [-0.2, 0) is 6.42 Å². The van der Waals surface area contributed by atoms with E-state index < -0.39 is 18.8 Å². The Morgan fingerprint density at radius 3 is 2.72 bits per heavy atom.